The van der Waals surface area contributed by atoms with Crippen molar-refractivity contribution in [1.29, 1.82) is 0 Å². The fraction of sp³-hybridized carbons (Fsp3) is 0.615. The Labute approximate surface area is 128 Å². The van der Waals surface area contributed by atoms with Crippen LogP contribution in [0, 0.1) is 0 Å². The van der Waals surface area contributed by atoms with Crippen molar-refractivity contribution in [3.8, 4) is 0 Å². The second-order valence-electron chi connectivity index (χ2n) is 5.51. The van der Waals surface area contributed by atoms with Gasteiger partial charge in [0.05, 0.1) is 5.56 Å². The van der Waals surface area contributed by atoms with Gasteiger partial charge in [-0.2, -0.15) is 0 Å². The smallest absolute Gasteiger partial charge is 0.256 e. The summed E-state index contributed by atoms with van der Waals surface area (Å²) < 4.78 is 0. The lowest BCUT2D eigenvalue weighted by atomic mass is 9.75. The highest BCUT2D eigenvalue weighted by molar-refractivity contribution is 6.34. The van der Waals surface area contributed by atoms with Crippen molar-refractivity contribution in [2.24, 2.45) is 0 Å². The first kappa shape index (κ1) is 15.5. The molecule has 1 aromatic heterocycles. The molecule has 110 valence electrons. The van der Waals surface area contributed by atoms with Crippen LogP contribution < -0.4 is 0 Å². The van der Waals surface area contributed by atoms with Crippen LogP contribution in [0.4, 0.5) is 0 Å². The predicted octanol–water partition coefficient (Wildman–Crippen LogP) is 2.34. The number of rotatable bonds is 4. The topological polar surface area (TPSA) is 49.3 Å². The molecule has 2 rings (SSSR count). The van der Waals surface area contributed by atoms with Crippen molar-refractivity contribution in [2.75, 3.05) is 27.7 Å². The molecule has 7 heteroatoms. The summed E-state index contributed by atoms with van der Waals surface area (Å²) in [6.07, 6.45) is 3.39. The third-order valence-corrected chi connectivity index (χ3v) is 4.52. The summed E-state index contributed by atoms with van der Waals surface area (Å²) >= 11 is 11.7. The molecule has 1 heterocycles. The Morgan fingerprint density at radius 2 is 1.95 bits per heavy atom. The summed E-state index contributed by atoms with van der Waals surface area (Å²) in [5.74, 6) is -0.181. The van der Waals surface area contributed by atoms with Gasteiger partial charge in [0, 0.05) is 19.1 Å². The van der Waals surface area contributed by atoms with E-state index in [9.17, 15) is 4.79 Å². The molecule has 1 aromatic rings. The van der Waals surface area contributed by atoms with Gasteiger partial charge < -0.3 is 9.80 Å². The van der Waals surface area contributed by atoms with Gasteiger partial charge in [0.25, 0.3) is 5.91 Å². The third kappa shape index (κ3) is 2.90. The van der Waals surface area contributed by atoms with Crippen molar-refractivity contribution in [3.05, 3.63) is 21.9 Å². The van der Waals surface area contributed by atoms with Gasteiger partial charge in [-0.25, -0.2) is 0 Å². The van der Waals surface area contributed by atoms with Gasteiger partial charge in [-0.05, 0) is 39.4 Å². The maximum Gasteiger partial charge on any atom is 0.256 e. The Bertz CT molecular complexity index is 517. The van der Waals surface area contributed by atoms with Crippen molar-refractivity contribution in [1.82, 2.24) is 20.0 Å². The Balaban J connectivity index is 2.14. The number of carbonyl (C=O) groups excluding carboxylic acids is 1. The number of nitrogens with zero attached hydrogens (tertiary/aromatic N) is 4. The van der Waals surface area contributed by atoms with Crippen LogP contribution in [0.25, 0.3) is 0 Å². The van der Waals surface area contributed by atoms with Crippen LogP contribution in [0.1, 0.15) is 29.6 Å². The molecule has 20 heavy (non-hydrogen) atoms. The van der Waals surface area contributed by atoms with Crippen LogP contribution in [-0.4, -0.2) is 59.1 Å². The van der Waals surface area contributed by atoms with Crippen LogP contribution in [0.3, 0.4) is 0 Å². The van der Waals surface area contributed by atoms with E-state index >= 15 is 0 Å². The number of hydrogen-bond donors (Lipinski definition) is 0. The SMILES string of the molecule is CN(CC1(N(C)C)CCC1)C(=O)c1cc(Cl)nnc1Cl. The van der Waals surface area contributed by atoms with Crippen molar-refractivity contribution < 1.29 is 4.79 Å². The molecule has 0 atom stereocenters. The van der Waals surface area contributed by atoms with Crippen molar-refractivity contribution >= 4 is 29.1 Å². The zero-order valence-corrected chi connectivity index (χ0v) is 13.4. The molecule has 0 aliphatic heterocycles. The van der Waals surface area contributed by atoms with E-state index in [1.807, 2.05) is 0 Å². The van der Waals surface area contributed by atoms with Crippen LogP contribution in [0.2, 0.25) is 10.3 Å². The second-order valence-corrected chi connectivity index (χ2v) is 6.25. The number of aromatic nitrogens is 2. The third-order valence-electron chi connectivity index (χ3n) is 4.06. The van der Waals surface area contributed by atoms with Gasteiger partial charge in [0.2, 0.25) is 0 Å². The molecular formula is C13H18Cl2N4O. The quantitative estimate of drug-likeness (QED) is 0.855. The molecule has 0 N–H and O–H groups in total. The van der Waals surface area contributed by atoms with E-state index in [0.29, 0.717) is 12.1 Å². The summed E-state index contributed by atoms with van der Waals surface area (Å²) in [4.78, 5) is 16.3. The number of amides is 1. The first-order valence-electron chi connectivity index (χ1n) is 6.47. The summed E-state index contributed by atoms with van der Waals surface area (Å²) in [5, 5.41) is 7.54. The molecule has 0 radical (unpaired) electrons. The van der Waals surface area contributed by atoms with Gasteiger partial charge in [-0.15, -0.1) is 10.2 Å². The largest absolute Gasteiger partial charge is 0.340 e. The summed E-state index contributed by atoms with van der Waals surface area (Å²) in [6.45, 7) is 0.662. The lowest BCUT2D eigenvalue weighted by Crippen LogP contribution is -2.57. The zero-order chi connectivity index (χ0) is 14.9. The van der Waals surface area contributed by atoms with Crippen LogP contribution in [0.5, 0.6) is 0 Å². The Hall–Kier alpha value is -0.910. The van der Waals surface area contributed by atoms with E-state index < -0.39 is 0 Å². The average Bonchev–Trinajstić information content (AvgIpc) is 2.35. The molecule has 0 spiro atoms. The first-order valence-corrected chi connectivity index (χ1v) is 7.23. The van der Waals surface area contributed by atoms with Gasteiger partial charge >= 0.3 is 0 Å². The van der Waals surface area contributed by atoms with Crippen LogP contribution >= 0.6 is 23.2 Å². The maximum atomic E-state index is 12.5. The molecule has 1 saturated carbocycles. The molecule has 1 aliphatic rings. The van der Waals surface area contributed by atoms with Gasteiger partial charge in [-0.1, -0.05) is 23.2 Å². The van der Waals surface area contributed by atoms with Crippen LogP contribution in [-0.2, 0) is 0 Å². The van der Waals surface area contributed by atoms with E-state index in [2.05, 4.69) is 29.2 Å². The predicted molar refractivity (Wildman–Crippen MR) is 79.3 cm³/mol. The molecule has 0 saturated heterocycles. The molecular weight excluding hydrogens is 299 g/mol. The monoisotopic (exact) mass is 316 g/mol. The minimum atomic E-state index is -0.181. The minimum Gasteiger partial charge on any atom is -0.340 e. The van der Waals surface area contributed by atoms with Crippen LogP contribution in [0.15, 0.2) is 6.07 Å². The average molecular weight is 317 g/mol. The highest BCUT2D eigenvalue weighted by Gasteiger charge is 2.40. The molecule has 0 bridgehead atoms. The van der Waals surface area contributed by atoms with E-state index in [1.54, 1.807) is 11.9 Å². The zero-order valence-electron chi connectivity index (χ0n) is 11.9. The fourth-order valence-corrected chi connectivity index (χ4v) is 2.87. The van der Waals surface area contributed by atoms with E-state index in [4.69, 9.17) is 23.2 Å². The number of hydrogen-bond acceptors (Lipinski definition) is 4. The lowest BCUT2D eigenvalue weighted by molar-refractivity contribution is 0.0252. The minimum absolute atomic E-state index is 0.0706. The van der Waals surface area contributed by atoms with E-state index in [-0.39, 0.29) is 21.8 Å². The number of carbonyl (C=O) groups is 1. The number of likely N-dealkylation sites (N-methyl/N-ethyl adjacent to an activating group) is 2. The highest BCUT2D eigenvalue weighted by atomic mass is 35.5. The Morgan fingerprint density at radius 3 is 2.45 bits per heavy atom. The summed E-state index contributed by atoms with van der Waals surface area (Å²) in [7, 11) is 5.88. The normalized spacial score (nSPS) is 16.9. The van der Waals surface area contributed by atoms with Crippen molar-refractivity contribution in [2.45, 2.75) is 24.8 Å². The molecule has 0 unspecified atom stereocenters. The van der Waals surface area contributed by atoms with E-state index in [1.165, 1.54) is 12.5 Å². The maximum absolute atomic E-state index is 12.5. The molecule has 1 amide bonds. The lowest BCUT2D eigenvalue weighted by Gasteiger charge is -2.49. The molecule has 1 fully saturated rings. The summed E-state index contributed by atoms with van der Waals surface area (Å²) in [5.41, 5.74) is 0.364. The standard InChI is InChI=1S/C13H18Cl2N4O/c1-18(2)13(5-4-6-13)8-19(3)12(20)9-7-10(14)16-17-11(9)15/h7H,4-6,8H2,1-3H3. The number of halogens is 2. The highest BCUT2D eigenvalue weighted by Crippen LogP contribution is 2.37. The molecule has 1 aliphatic carbocycles. The second kappa shape index (κ2) is 5.84. The molecule has 0 aromatic carbocycles. The Morgan fingerprint density at radius 1 is 1.30 bits per heavy atom. The van der Waals surface area contributed by atoms with Crippen molar-refractivity contribution in [3.63, 3.8) is 0 Å². The fourth-order valence-electron chi connectivity index (χ4n) is 2.55. The van der Waals surface area contributed by atoms with Gasteiger partial charge in [-0.3, -0.25) is 4.79 Å². The summed E-state index contributed by atoms with van der Waals surface area (Å²) in [6, 6.07) is 1.46. The van der Waals surface area contributed by atoms with Gasteiger partial charge in [0.1, 0.15) is 0 Å². The van der Waals surface area contributed by atoms with Gasteiger partial charge in [0.15, 0.2) is 10.3 Å². The first-order chi connectivity index (χ1) is 9.35. The Kier molecular flexibility index (Phi) is 4.52. The van der Waals surface area contributed by atoms with E-state index in [0.717, 1.165) is 12.8 Å². The molecule has 5 nitrogen and oxygen atoms in total.